The number of hydrogen-bond donors (Lipinski definition) is 0. The molecule has 1 atom stereocenters. The summed E-state index contributed by atoms with van der Waals surface area (Å²) in [6.45, 7) is 2.30. The summed E-state index contributed by atoms with van der Waals surface area (Å²) in [5, 5.41) is 8.58. The highest BCUT2D eigenvalue weighted by Gasteiger charge is 2.05. The molecule has 0 radical (unpaired) electrons. The monoisotopic (exact) mass is 193 g/mol. The van der Waals surface area contributed by atoms with Gasteiger partial charge in [-0.05, 0) is 13.0 Å². The predicted molar refractivity (Wildman–Crippen MR) is 48.7 cm³/mol. The van der Waals surface area contributed by atoms with Crippen molar-refractivity contribution in [3.05, 3.63) is 18.0 Å². The maximum Gasteiger partial charge on any atom is 0.317 e. The van der Waals surface area contributed by atoms with Gasteiger partial charge < -0.3 is 9.47 Å². The van der Waals surface area contributed by atoms with Crippen molar-refractivity contribution in [1.29, 1.82) is 5.26 Å². The van der Waals surface area contributed by atoms with Crippen LogP contribution in [0.4, 0.5) is 0 Å². The van der Waals surface area contributed by atoms with E-state index in [4.69, 9.17) is 14.7 Å². The molecule has 0 N–H and O–H groups in total. The van der Waals surface area contributed by atoms with Gasteiger partial charge in [-0.15, -0.1) is 0 Å². The highest BCUT2D eigenvalue weighted by Crippen LogP contribution is 2.04. The Kier molecular flexibility index (Phi) is 3.83. The number of methoxy groups -OCH3 is 1. The van der Waals surface area contributed by atoms with E-state index >= 15 is 0 Å². The van der Waals surface area contributed by atoms with E-state index in [9.17, 15) is 0 Å². The fraction of sp³-hybridized carbons (Fsp3) is 0.444. The molecule has 5 nitrogen and oxygen atoms in total. The predicted octanol–water partition coefficient (Wildman–Crippen LogP) is 0.762. The summed E-state index contributed by atoms with van der Waals surface area (Å²) in [5.74, 6) is 0. The molecule has 1 aromatic heterocycles. The van der Waals surface area contributed by atoms with Crippen molar-refractivity contribution in [2.75, 3.05) is 13.7 Å². The molecule has 0 spiro atoms. The first-order valence-electron chi connectivity index (χ1n) is 4.15. The first-order valence-corrected chi connectivity index (χ1v) is 4.15. The van der Waals surface area contributed by atoms with Crippen LogP contribution in [0.5, 0.6) is 6.01 Å². The molecule has 0 aliphatic carbocycles. The zero-order valence-electron chi connectivity index (χ0n) is 8.10. The van der Waals surface area contributed by atoms with Gasteiger partial charge in [0.05, 0.1) is 6.61 Å². The third-order valence-electron chi connectivity index (χ3n) is 1.46. The van der Waals surface area contributed by atoms with Gasteiger partial charge in [-0.25, -0.2) is 4.98 Å². The van der Waals surface area contributed by atoms with E-state index < -0.39 is 0 Å². The maximum atomic E-state index is 8.58. The number of nitrogens with zero attached hydrogens (tertiary/aromatic N) is 3. The normalized spacial score (nSPS) is 11.8. The standard InChI is InChI=1S/C9H11N3O2/c1-7(6-13-2)14-9-11-4-3-8(5-10)12-9/h3-4,7H,6H2,1-2H3. The zero-order chi connectivity index (χ0) is 10.4. The van der Waals surface area contributed by atoms with E-state index in [2.05, 4.69) is 9.97 Å². The molecule has 0 fully saturated rings. The van der Waals surface area contributed by atoms with Gasteiger partial charge in [0.1, 0.15) is 17.9 Å². The van der Waals surface area contributed by atoms with Gasteiger partial charge in [-0.2, -0.15) is 10.2 Å². The molecule has 1 aromatic rings. The van der Waals surface area contributed by atoms with Crippen LogP contribution in [0, 0.1) is 11.3 Å². The van der Waals surface area contributed by atoms with Crippen LogP contribution in [-0.4, -0.2) is 29.8 Å². The number of nitriles is 1. The van der Waals surface area contributed by atoms with E-state index in [1.54, 1.807) is 7.11 Å². The Morgan fingerprint density at radius 2 is 2.43 bits per heavy atom. The van der Waals surface area contributed by atoms with Crippen LogP contribution in [-0.2, 0) is 4.74 Å². The molecule has 0 aromatic carbocycles. The molecule has 0 bridgehead atoms. The number of aromatic nitrogens is 2. The molecule has 5 heteroatoms. The van der Waals surface area contributed by atoms with Gasteiger partial charge >= 0.3 is 6.01 Å². The molecule has 0 amide bonds. The van der Waals surface area contributed by atoms with Crippen molar-refractivity contribution in [3.8, 4) is 12.1 Å². The molecule has 1 unspecified atom stereocenters. The van der Waals surface area contributed by atoms with Crippen molar-refractivity contribution in [1.82, 2.24) is 9.97 Å². The fourth-order valence-electron chi connectivity index (χ4n) is 0.909. The van der Waals surface area contributed by atoms with Gasteiger partial charge in [-0.1, -0.05) is 0 Å². The Balaban J connectivity index is 2.63. The molecule has 0 saturated carbocycles. The third-order valence-corrected chi connectivity index (χ3v) is 1.46. The summed E-state index contributed by atoms with van der Waals surface area (Å²) in [6, 6.07) is 3.63. The van der Waals surface area contributed by atoms with Crippen LogP contribution < -0.4 is 4.74 Å². The van der Waals surface area contributed by atoms with Crippen LogP contribution >= 0.6 is 0 Å². The quantitative estimate of drug-likeness (QED) is 0.706. The van der Waals surface area contributed by atoms with E-state index in [1.807, 2.05) is 13.0 Å². The second-order valence-corrected chi connectivity index (χ2v) is 2.72. The Hall–Kier alpha value is -1.67. The average Bonchev–Trinajstić information content (AvgIpc) is 2.18. The second-order valence-electron chi connectivity index (χ2n) is 2.72. The van der Waals surface area contributed by atoms with Gasteiger partial charge in [0.15, 0.2) is 0 Å². The molecular formula is C9H11N3O2. The van der Waals surface area contributed by atoms with Crippen LogP contribution in [0.3, 0.4) is 0 Å². The second kappa shape index (κ2) is 5.14. The molecule has 74 valence electrons. The summed E-state index contributed by atoms with van der Waals surface area (Å²) in [4.78, 5) is 7.73. The van der Waals surface area contributed by atoms with E-state index in [1.165, 1.54) is 12.3 Å². The maximum absolute atomic E-state index is 8.58. The van der Waals surface area contributed by atoms with Gasteiger partial charge in [0.25, 0.3) is 0 Å². The lowest BCUT2D eigenvalue weighted by Gasteiger charge is -2.11. The van der Waals surface area contributed by atoms with Crippen molar-refractivity contribution < 1.29 is 9.47 Å². The van der Waals surface area contributed by atoms with Crippen LogP contribution in [0.1, 0.15) is 12.6 Å². The van der Waals surface area contributed by atoms with Gasteiger partial charge in [0, 0.05) is 13.3 Å². The smallest absolute Gasteiger partial charge is 0.317 e. The summed E-state index contributed by atoms with van der Waals surface area (Å²) in [6.07, 6.45) is 1.36. The number of rotatable bonds is 4. The minimum absolute atomic E-state index is 0.131. The third kappa shape index (κ3) is 2.99. The fourth-order valence-corrected chi connectivity index (χ4v) is 0.909. The Labute approximate surface area is 82.3 Å². The largest absolute Gasteiger partial charge is 0.458 e. The van der Waals surface area contributed by atoms with Crippen molar-refractivity contribution in [2.24, 2.45) is 0 Å². The molecular weight excluding hydrogens is 182 g/mol. The Morgan fingerprint density at radius 1 is 1.64 bits per heavy atom. The topological polar surface area (TPSA) is 68.0 Å². The summed E-state index contributed by atoms with van der Waals surface area (Å²) >= 11 is 0. The zero-order valence-corrected chi connectivity index (χ0v) is 8.10. The van der Waals surface area contributed by atoms with E-state index in [0.29, 0.717) is 12.3 Å². The molecule has 0 aliphatic heterocycles. The van der Waals surface area contributed by atoms with Crippen molar-refractivity contribution in [3.63, 3.8) is 0 Å². The lowest BCUT2D eigenvalue weighted by atomic mass is 10.4. The highest BCUT2D eigenvalue weighted by molar-refractivity contribution is 5.19. The summed E-state index contributed by atoms with van der Waals surface area (Å²) in [7, 11) is 1.59. The van der Waals surface area contributed by atoms with E-state index in [-0.39, 0.29) is 12.1 Å². The SMILES string of the molecule is COCC(C)Oc1nccc(C#N)n1. The van der Waals surface area contributed by atoms with Gasteiger partial charge in [-0.3, -0.25) is 0 Å². The minimum atomic E-state index is -0.131. The molecule has 1 rings (SSSR count). The minimum Gasteiger partial charge on any atom is -0.458 e. The van der Waals surface area contributed by atoms with Crippen LogP contribution in [0.2, 0.25) is 0 Å². The lowest BCUT2D eigenvalue weighted by Crippen LogP contribution is -2.19. The van der Waals surface area contributed by atoms with Gasteiger partial charge in [0.2, 0.25) is 0 Å². The first kappa shape index (κ1) is 10.4. The van der Waals surface area contributed by atoms with Crippen LogP contribution in [0.15, 0.2) is 12.3 Å². The molecule has 14 heavy (non-hydrogen) atoms. The Morgan fingerprint density at radius 3 is 3.07 bits per heavy atom. The number of hydrogen-bond acceptors (Lipinski definition) is 5. The van der Waals surface area contributed by atoms with Crippen LogP contribution in [0.25, 0.3) is 0 Å². The number of ether oxygens (including phenoxy) is 2. The first-order chi connectivity index (χ1) is 6.76. The summed E-state index contributed by atoms with van der Waals surface area (Å²) < 4.78 is 10.2. The van der Waals surface area contributed by atoms with E-state index in [0.717, 1.165) is 0 Å². The molecule has 1 heterocycles. The Bertz CT molecular complexity index is 335. The molecule has 0 saturated heterocycles. The van der Waals surface area contributed by atoms with Crippen molar-refractivity contribution >= 4 is 0 Å². The average molecular weight is 193 g/mol. The van der Waals surface area contributed by atoms with Crippen molar-refractivity contribution in [2.45, 2.75) is 13.0 Å². The summed E-state index contributed by atoms with van der Waals surface area (Å²) in [5.41, 5.74) is 0.291. The molecule has 0 aliphatic rings. The lowest BCUT2D eigenvalue weighted by molar-refractivity contribution is 0.0854. The highest BCUT2D eigenvalue weighted by atomic mass is 16.5.